The van der Waals surface area contributed by atoms with Gasteiger partial charge in [0.05, 0.1) is 0 Å². The average molecular weight is 286 g/mol. The highest BCUT2D eigenvalue weighted by Gasteiger charge is 2.52. The summed E-state index contributed by atoms with van der Waals surface area (Å²) in [4.78, 5) is 48.6. The van der Waals surface area contributed by atoms with Gasteiger partial charge < -0.3 is 4.74 Å². The first-order chi connectivity index (χ1) is 10.0. The Morgan fingerprint density at radius 2 is 1.95 bits per heavy atom. The molecule has 1 saturated carbocycles. The summed E-state index contributed by atoms with van der Waals surface area (Å²) in [6.45, 7) is 1.60. The Hall–Kier alpha value is -2.30. The molecule has 5 heteroatoms. The Morgan fingerprint density at radius 3 is 2.67 bits per heavy atom. The maximum absolute atomic E-state index is 12.4. The highest BCUT2D eigenvalue weighted by Crippen LogP contribution is 2.44. The van der Waals surface area contributed by atoms with E-state index in [9.17, 15) is 19.2 Å². The number of rotatable bonds is 2. The smallest absolute Gasteiger partial charge is 0.322 e. The predicted octanol–water partition coefficient (Wildman–Crippen LogP) is 1.44. The predicted molar refractivity (Wildman–Crippen MR) is 71.7 cm³/mol. The highest BCUT2D eigenvalue weighted by molar-refractivity contribution is 6.25. The number of carbonyl (C=O) groups is 4. The molecule has 0 N–H and O–H groups in total. The largest absolute Gasteiger partial charge is 0.426 e. The molecule has 0 saturated heterocycles. The summed E-state index contributed by atoms with van der Waals surface area (Å²) in [6.07, 6.45) is 0.129. The lowest BCUT2D eigenvalue weighted by Gasteiger charge is -2.36. The zero-order valence-electron chi connectivity index (χ0n) is 11.5. The van der Waals surface area contributed by atoms with E-state index in [0.29, 0.717) is 11.3 Å². The Balaban J connectivity index is 2.04. The molecule has 0 spiro atoms. The fourth-order valence-corrected chi connectivity index (χ4v) is 3.15. The van der Waals surface area contributed by atoms with Crippen molar-refractivity contribution in [1.82, 2.24) is 0 Å². The molecule has 3 unspecified atom stereocenters. The summed E-state index contributed by atoms with van der Waals surface area (Å²) in [6, 6.07) is 6.89. The maximum atomic E-state index is 12.4. The molecule has 1 aliphatic carbocycles. The normalized spacial score (nSPS) is 27.7. The van der Waals surface area contributed by atoms with Crippen molar-refractivity contribution in [3.05, 3.63) is 29.8 Å². The van der Waals surface area contributed by atoms with Crippen LogP contribution in [0.4, 0.5) is 0 Å². The van der Waals surface area contributed by atoms with Crippen molar-refractivity contribution in [3.63, 3.8) is 0 Å². The number of hydrogen-bond acceptors (Lipinski definition) is 5. The van der Waals surface area contributed by atoms with Crippen molar-refractivity contribution in [2.75, 3.05) is 0 Å². The number of Topliss-reactive ketones (excluding diaryl/α,β-unsaturated/α-hetero) is 3. The van der Waals surface area contributed by atoms with Crippen molar-refractivity contribution in [3.8, 4) is 5.75 Å². The van der Waals surface area contributed by atoms with Crippen LogP contribution < -0.4 is 4.74 Å². The summed E-state index contributed by atoms with van der Waals surface area (Å²) < 4.78 is 5.19. The van der Waals surface area contributed by atoms with E-state index in [-0.39, 0.29) is 12.8 Å². The number of ether oxygens (including phenoxy) is 1. The lowest BCUT2D eigenvalue weighted by molar-refractivity contribution is -0.154. The van der Waals surface area contributed by atoms with E-state index in [1.165, 1.54) is 0 Å². The van der Waals surface area contributed by atoms with E-state index in [1.807, 2.05) is 0 Å². The van der Waals surface area contributed by atoms with E-state index in [4.69, 9.17) is 4.74 Å². The van der Waals surface area contributed by atoms with Crippen LogP contribution in [0.15, 0.2) is 24.3 Å². The molecular formula is C16H14O5. The van der Waals surface area contributed by atoms with Gasteiger partial charge in [0.1, 0.15) is 17.6 Å². The molecule has 1 aromatic carbocycles. The summed E-state index contributed by atoms with van der Waals surface area (Å²) >= 11 is 0. The van der Waals surface area contributed by atoms with Gasteiger partial charge in [0.15, 0.2) is 17.3 Å². The van der Waals surface area contributed by atoms with Crippen LogP contribution in [0.3, 0.4) is 0 Å². The van der Waals surface area contributed by atoms with Crippen molar-refractivity contribution in [2.45, 2.75) is 25.7 Å². The average Bonchev–Trinajstić information content (AvgIpc) is 2.46. The van der Waals surface area contributed by atoms with E-state index in [0.717, 1.165) is 0 Å². The van der Waals surface area contributed by atoms with Gasteiger partial charge in [-0.15, -0.1) is 0 Å². The first-order valence-corrected chi connectivity index (χ1v) is 6.94. The first-order valence-electron chi connectivity index (χ1n) is 6.94. The molecule has 1 fully saturated rings. The second-order valence-electron chi connectivity index (χ2n) is 5.37. The van der Waals surface area contributed by atoms with Crippen molar-refractivity contribution in [2.24, 2.45) is 11.8 Å². The van der Waals surface area contributed by atoms with Gasteiger partial charge in [-0.25, -0.2) is 0 Å². The molecular weight excluding hydrogens is 272 g/mol. The summed E-state index contributed by atoms with van der Waals surface area (Å²) in [5, 5.41) is 0. The molecule has 0 aromatic heterocycles. The fraction of sp³-hybridized carbons (Fsp3) is 0.375. The molecule has 0 amide bonds. The molecule has 1 heterocycles. The van der Waals surface area contributed by atoms with Crippen LogP contribution in [0, 0.1) is 11.8 Å². The number of ketones is 3. The third kappa shape index (κ3) is 2.00. The maximum Gasteiger partial charge on any atom is 0.322 e. The monoisotopic (exact) mass is 286 g/mol. The van der Waals surface area contributed by atoms with Crippen LogP contribution in [-0.2, 0) is 19.2 Å². The Morgan fingerprint density at radius 1 is 1.24 bits per heavy atom. The molecule has 0 radical (unpaired) electrons. The van der Waals surface area contributed by atoms with Crippen LogP contribution in [0.1, 0.15) is 31.2 Å². The minimum absolute atomic E-state index is 0.0267. The summed E-state index contributed by atoms with van der Waals surface area (Å²) in [5.41, 5.74) is 0.686. The summed E-state index contributed by atoms with van der Waals surface area (Å²) in [5.74, 6) is -4.54. The van der Waals surface area contributed by atoms with E-state index in [1.54, 1.807) is 31.2 Å². The van der Waals surface area contributed by atoms with Gasteiger partial charge in [0, 0.05) is 18.8 Å². The SMILES string of the molecule is CCC(=O)C1C(=O)CC2c3ccccc3OC(=O)C2C1=O. The Kier molecular flexibility index (Phi) is 3.20. The first kappa shape index (κ1) is 13.7. The third-order valence-electron chi connectivity index (χ3n) is 4.19. The minimum Gasteiger partial charge on any atom is -0.426 e. The van der Waals surface area contributed by atoms with Crippen LogP contribution in [0.25, 0.3) is 0 Å². The second kappa shape index (κ2) is 4.91. The van der Waals surface area contributed by atoms with E-state index < -0.39 is 41.1 Å². The zero-order chi connectivity index (χ0) is 15.1. The van der Waals surface area contributed by atoms with E-state index in [2.05, 4.69) is 0 Å². The number of esters is 1. The van der Waals surface area contributed by atoms with Gasteiger partial charge in [-0.2, -0.15) is 0 Å². The van der Waals surface area contributed by atoms with Gasteiger partial charge in [0.25, 0.3) is 0 Å². The second-order valence-corrected chi connectivity index (χ2v) is 5.37. The molecule has 21 heavy (non-hydrogen) atoms. The van der Waals surface area contributed by atoms with Gasteiger partial charge in [-0.05, 0) is 11.6 Å². The minimum atomic E-state index is -1.30. The molecule has 1 aromatic rings. The number of carbonyl (C=O) groups excluding carboxylic acids is 4. The topological polar surface area (TPSA) is 77.5 Å². The van der Waals surface area contributed by atoms with Crippen LogP contribution in [0.5, 0.6) is 5.75 Å². The number of para-hydroxylation sites is 1. The van der Waals surface area contributed by atoms with Crippen LogP contribution >= 0.6 is 0 Å². The van der Waals surface area contributed by atoms with Gasteiger partial charge >= 0.3 is 5.97 Å². The van der Waals surface area contributed by atoms with Crippen molar-refractivity contribution >= 4 is 23.3 Å². The van der Waals surface area contributed by atoms with Crippen LogP contribution in [0.2, 0.25) is 0 Å². The Labute approximate surface area is 121 Å². The summed E-state index contributed by atoms with van der Waals surface area (Å²) in [7, 11) is 0. The molecule has 0 bridgehead atoms. The van der Waals surface area contributed by atoms with Gasteiger partial charge in [0.2, 0.25) is 0 Å². The number of fused-ring (bicyclic) bond motifs is 3. The van der Waals surface area contributed by atoms with Gasteiger partial charge in [-0.1, -0.05) is 25.1 Å². The molecule has 3 atom stereocenters. The zero-order valence-corrected chi connectivity index (χ0v) is 11.5. The standard InChI is InChI=1S/C16H14O5/c1-2-10(17)14-11(18)7-9-8-5-3-4-6-12(8)21-16(20)13(9)15(14)19/h3-6,9,13-14H,2,7H2,1H3. The molecule has 2 aliphatic rings. The number of benzene rings is 1. The molecule has 5 nitrogen and oxygen atoms in total. The lowest BCUT2D eigenvalue weighted by atomic mass is 9.67. The number of hydrogen-bond donors (Lipinski definition) is 0. The quantitative estimate of drug-likeness (QED) is 0.467. The fourth-order valence-electron chi connectivity index (χ4n) is 3.15. The molecule has 108 valence electrons. The third-order valence-corrected chi connectivity index (χ3v) is 4.19. The molecule has 3 rings (SSSR count). The van der Waals surface area contributed by atoms with Crippen molar-refractivity contribution in [1.29, 1.82) is 0 Å². The molecule has 1 aliphatic heterocycles. The van der Waals surface area contributed by atoms with Crippen LogP contribution in [-0.4, -0.2) is 23.3 Å². The Bertz CT molecular complexity index is 660. The van der Waals surface area contributed by atoms with Crippen molar-refractivity contribution < 1.29 is 23.9 Å². The lowest BCUT2D eigenvalue weighted by Crippen LogP contribution is -2.49. The van der Waals surface area contributed by atoms with E-state index >= 15 is 0 Å². The highest BCUT2D eigenvalue weighted by atomic mass is 16.5. The van der Waals surface area contributed by atoms with Gasteiger partial charge in [-0.3, -0.25) is 19.2 Å².